The number of imidazole rings is 1. The standard InChI is InChI=1S/C22H24F2N9O7PS/c23-9-4-32(17-12(9)16(25)27-6-28-17)11-3-8-1-2-36-21-13(24)15(40-41(35,42)37-5-10(8)38-11)20(39-21)33-7-29-14-18(33)30-22(26)31-19(14)34/h4,6-8,10-11,13,15,20-21H,1-3,5H2,(H,35,42)(H2,25,27,28)(H3,26,30,31,34)/t8-,10+,11+,13-,15+,20+,21?,41?/m0/s1. The van der Waals surface area contributed by atoms with Crippen LogP contribution in [0.1, 0.15) is 25.3 Å². The molecule has 16 nitrogen and oxygen atoms in total. The molecule has 4 aromatic rings. The number of nitrogens with one attached hydrogen (secondary N) is 1. The normalized spacial score (nSPS) is 33.9. The number of halogens is 2. The largest absolute Gasteiger partial charge is 0.386 e. The summed E-state index contributed by atoms with van der Waals surface area (Å²) in [5, 5.41) is 0.0738. The van der Waals surface area contributed by atoms with Crippen LogP contribution < -0.4 is 17.0 Å². The van der Waals surface area contributed by atoms with Crippen LogP contribution in [-0.2, 0) is 27.8 Å². The molecule has 224 valence electrons. The Balaban J connectivity index is 1.15. The van der Waals surface area contributed by atoms with Gasteiger partial charge in [0.1, 0.15) is 24.5 Å². The van der Waals surface area contributed by atoms with E-state index in [-0.39, 0.29) is 53.1 Å². The number of ether oxygens (including phenoxy) is 3. The summed E-state index contributed by atoms with van der Waals surface area (Å²) in [5.74, 6) is -1.05. The maximum atomic E-state index is 15.7. The molecule has 0 radical (unpaired) electrons. The van der Waals surface area contributed by atoms with Crippen molar-refractivity contribution in [1.29, 1.82) is 0 Å². The van der Waals surface area contributed by atoms with Crippen molar-refractivity contribution in [2.45, 2.75) is 50.0 Å². The molecule has 4 aromatic heterocycles. The van der Waals surface area contributed by atoms with Gasteiger partial charge < -0.3 is 30.2 Å². The number of anilines is 2. The fraction of sp³-hybridized carbons (Fsp3) is 0.500. The molecule has 0 aromatic carbocycles. The second-order valence-corrected chi connectivity index (χ2v) is 13.0. The minimum atomic E-state index is -4.23. The summed E-state index contributed by atoms with van der Waals surface area (Å²) >= 11 is 4.07. The molecule has 0 amide bonds. The number of H-pyrrole nitrogens is 1. The average molecular weight is 628 g/mol. The molecular formula is C22H24F2N9O7PS. The van der Waals surface area contributed by atoms with Crippen molar-refractivity contribution >= 4 is 53.0 Å². The Bertz CT molecular complexity index is 1790. The second-order valence-electron chi connectivity index (χ2n) is 10.1. The molecule has 2 bridgehead atoms. The minimum Gasteiger partial charge on any atom is -0.383 e. The lowest BCUT2D eigenvalue weighted by Crippen LogP contribution is -2.33. The van der Waals surface area contributed by atoms with Crippen LogP contribution in [0, 0.1) is 11.7 Å². The number of thiol groups is 1. The van der Waals surface area contributed by atoms with Gasteiger partial charge in [0.05, 0.1) is 31.0 Å². The third-order valence-corrected chi connectivity index (χ3v) is 9.16. The number of hydrogen-bond donors (Lipinski definition) is 4. The van der Waals surface area contributed by atoms with E-state index < -0.39 is 55.3 Å². The Labute approximate surface area is 239 Å². The van der Waals surface area contributed by atoms with Gasteiger partial charge in [0.25, 0.3) is 5.56 Å². The number of fused-ring (bicyclic) bond motifs is 5. The Kier molecular flexibility index (Phi) is 6.72. The van der Waals surface area contributed by atoms with Crippen LogP contribution in [0.5, 0.6) is 0 Å². The molecule has 0 aliphatic carbocycles. The summed E-state index contributed by atoms with van der Waals surface area (Å²) in [5.41, 5.74) is 11.1. The number of aromatic amines is 1. The van der Waals surface area contributed by atoms with Crippen LogP contribution >= 0.6 is 19.0 Å². The summed E-state index contributed by atoms with van der Waals surface area (Å²) in [6.07, 6.45) is -3.13. The highest BCUT2D eigenvalue weighted by atomic mass is 32.7. The van der Waals surface area contributed by atoms with E-state index >= 15 is 4.39 Å². The molecule has 42 heavy (non-hydrogen) atoms. The van der Waals surface area contributed by atoms with Gasteiger partial charge in [-0.25, -0.2) is 28.3 Å². The van der Waals surface area contributed by atoms with Crippen molar-refractivity contribution in [2.75, 3.05) is 24.7 Å². The summed E-state index contributed by atoms with van der Waals surface area (Å²) in [7, 11) is 0. The van der Waals surface area contributed by atoms with E-state index in [0.717, 1.165) is 0 Å². The molecule has 3 fully saturated rings. The maximum absolute atomic E-state index is 15.7. The van der Waals surface area contributed by atoms with E-state index in [1.165, 1.54) is 28.0 Å². The van der Waals surface area contributed by atoms with Crippen LogP contribution in [0.15, 0.2) is 23.6 Å². The highest BCUT2D eigenvalue weighted by molar-refractivity contribution is 8.44. The molecule has 7 rings (SSSR count). The lowest BCUT2D eigenvalue weighted by molar-refractivity contribution is -0.168. The van der Waals surface area contributed by atoms with Gasteiger partial charge in [0.2, 0.25) is 5.95 Å². The maximum Gasteiger partial charge on any atom is 0.386 e. The number of nitrogens with two attached hydrogens (primary N) is 2. The highest BCUT2D eigenvalue weighted by Gasteiger charge is 2.52. The van der Waals surface area contributed by atoms with Crippen molar-refractivity contribution in [3.8, 4) is 0 Å². The van der Waals surface area contributed by atoms with E-state index in [4.69, 9.17) is 34.7 Å². The zero-order valence-corrected chi connectivity index (χ0v) is 23.2. The topological polar surface area (TPSA) is 210 Å². The number of alkyl halides is 1. The smallest absolute Gasteiger partial charge is 0.383 e. The van der Waals surface area contributed by atoms with Crippen LogP contribution in [-0.4, -0.2) is 71.9 Å². The lowest BCUT2D eigenvalue weighted by atomic mass is 9.98. The minimum absolute atomic E-state index is 0.00287. The van der Waals surface area contributed by atoms with Crippen LogP contribution in [0.2, 0.25) is 0 Å². The van der Waals surface area contributed by atoms with Crippen molar-refractivity contribution in [2.24, 2.45) is 5.92 Å². The Morgan fingerprint density at radius 2 is 2.00 bits per heavy atom. The zero-order valence-electron chi connectivity index (χ0n) is 21.4. The van der Waals surface area contributed by atoms with E-state index in [2.05, 4.69) is 37.2 Å². The van der Waals surface area contributed by atoms with Crippen LogP contribution in [0.25, 0.3) is 22.2 Å². The molecule has 3 saturated heterocycles. The molecule has 5 N–H and O–H groups in total. The van der Waals surface area contributed by atoms with E-state index in [1.807, 2.05) is 0 Å². The number of nitrogen functional groups attached to an aromatic ring is 2. The van der Waals surface area contributed by atoms with Crippen molar-refractivity contribution in [3.63, 3.8) is 0 Å². The van der Waals surface area contributed by atoms with Gasteiger partial charge in [-0.2, -0.15) is 4.98 Å². The van der Waals surface area contributed by atoms with Crippen molar-refractivity contribution in [3.05, 3.63) is 35.0 Å². The molecule has 8 atom stereocenters. The molecule has 2 unspecified atom stereocenters. The van der Waals surface area contributed by atoms with Crippen molar-refractivity contribution < 1.29 is 36.6 Å². The SMILES string of the molecule is Nc1nc2c(ncn2[C@@H]2OC3OCC[C@H]4C[C@H](n5cc(F)c6c(N)ncnc65)O[C@@H]4COP(=O)(S)O[C@@H]2[C@@H]3F)c(=O)[nH]1. The molecule has 3 aliphatic rings. The first kappa shape index (κ1) is 27.6. The third kappa shape index (κ3) is 4.64. The number of hydrogen-bond acceptors (Lipinski definition) is 13. The van der Waals surface area contributed by atoms with Gasteiger partial charge in [0.15, 0.2) is 41.3 Å². The Morgan fingerprint density at radius 1 is 1.17 bits per heavy atom. The molecule has 20 heteroatoms. The molecular weight excluding hydrogens is 603 g/mol. The van der Waals surface area contributed by atoms with Gasteiger partial charge in [0, 0.05) is 6.20 Å². The fourth-order valence-corrected chi connectivity index (χ4v) is 7.05. The van der Waals surface area contributed by atoms with Gasteiger partial charge in [-0.1, -0.05) is 12.2 Å². The van der Waals surface area contributed by atoms with Crippen LogP contribution in [0.3, 0.4) is 0 Å². The van der Waals surface area contributed by atoms with E-state index in [1.54, 1.807) is 0 Å². The third-order valence-electron chi connectivity index (χ3n) is 7.55. The molecule has 7 heterocycles. The summed E-state index contributed by atoms with van der Waals surface area (Å²) in [4.78, 5) is 30.7. The zero-order chi connectivity index (χ0) is 29.3. The second kappa shape index (κ2) is 10.2. The monoisotopic (exact) mass is 627 g/mol. The Hall–Kier alpha value is -3.19. The summed E-state index contributed by atoms with van der Waals surface area (Å²) in [6.45, 7) is -4.42. The molecule has 0 saturated carbocycles. The highest BCUT2D eigenvalue weighted by Crippen LogP contribution is 2.58. The number of rotatable bonds is 2. The summed E-state index contributed by atoms with van der Waals surface area (Å²) < 4.78 is 75.4. The van der Waals surface area contributed by atoms with Crippen molar-refractivity contribution in [1.82, 2.24) is 34.1 Å². The Morgan fingerprint density at radius 3 is 2.83 bits per heavy atom. The fourth-order valence-electron chi connectivity index (χ4n) is 5.60. The van der Waals surface area contributed by atoms with Gasteiger partial charge in [-0.15, -0.1) is 0 Å². The molecule has 3 aliphatic heterocycles. The van der Waals surface area contributed by atoms with Crippen LogP contribution in [0.4, 0.5) is 20.5 Å². The predicted octanol–water partition coefficient (Wildman–Crippen LogP) is 1.82. The van der Waals surface area contributed by atoms with E-state index in [9.17, 15) is 13.8 Å². The first-order valence-corrected chi connectivity index (χ1v) is 15.5. The first-order chi connectivity index (χ1) is 20.1. The van der Waals surface area contributed by atoms with Gasteiger partial charge in [-0.3, -0.25) is 23.4 Å². The first-order valence-electron chi connectivity index (χ1n) is 12.8. The lowest BCUT2D eigenvalue weighted by Gasteiger charge is -2.26. The average Bonchev–Trinajstić information content (AvgIpc) is 3.68. The predicted molar refractivity (Wildman–Crippen MR) is 143 cm³/mol. The van der Waals surface area contributed by atoms with Gasteiger partial charge in [-0.05, 0) is 18.8 Å². The van der Waals surface area contributed by atoms with Gasteiger partial charge >= 0.3 is 6.80 Å². The number of aromatic nitrogens is 7. The quantitative estimate of drug-likeness (QED) is 0.185. The van der Waals surface area contributed by atoms with E-state index in [0.29, 0.717) is 12.8 Å². The molecule has 0 spiro atoms. The summed E-state index contributed by atoms with van der Waals surface area (Å²) in [6, 6.07) is 0. The number of nitrogens with zero attached hydrogens (tertiary/aromatic N) is 6.